The van der Waals surface area contributed by atoms with E-state index in [9.17, 15) is 4.79 Å². The van der Waals surface area contributed by atoms with Crippen LogP contribution in [0.15, 0.2) is 48.5 Å². The van der Waals surface area contributed by atoms with E-state index in [0.29, 0.717) is 10.6 Å². The first-order chi connectivity index (χ1) is 9.04. The number of halogens is 2. The van der Waals surface area contributed by atoms with Crippen LogP contribution in [0.1, 0.15) is 27.0 Å². The summed E-state index contributed by atoms with van der Waals surface area (Å²) in [5, 5.41) is 0.634. The lowest BCUT2D eigenvalue weighted by Gasteiger charge is -2.00. The second-order valence-corrected chi connectivity index (χ2v) is 5.06. The van der Waals surface area contributed by atoms with Crippen molar-refractivity contribution in [3.05, 3.63) is 75.8 Å². The van der Waals surface area contributed by atoms with Crippen molar-refractivity contribution < 1.29 is 4.79 Å². The Morgan fingerprint density at radius 2 is 1.55 bits per heavy atom. The summed E-state index contributed by atoms with van der Waals surface area (Å²) < 4.78 is 0. The summed E-state index contributed by atoms with van der Waals surface area (Å²) in [6.45, 7) is 4.09. The van der Waals surface area contributed by atoms with Crippen molar-refractivity contribution in [1.82, 2.24) is 0 Å². The van der Waals surface area contributed by atoms with Gasteiger partial charge >= 0.3 is 0 Å². The van der Waals surface area contributed by atoms with Gasteiger partial charge in [0.05, 0.1) is 0 Å². The van der Waals surface area contributed by atoms with E-state index in [-0.39, 0.29) is 18.2 Å². The van der Waals surface area contributed by atoms with E-state index in [1.807, 2.05) is 19.9 Å². The predicted molar refractivity (Wildman–Crippen MR) is 88.0 cm³/mol. The molecule has 0 fully saturated rings. The van der Waals surface area contributed by atoms with Gasteiger partial charge in [0.1, 0.15) is 0 Å². The zero-order valence-electron chi connectivity index (χ0n) is 11.4. The summed E-state index contributed by atoms with van der Waals surface area (Å²) in [5.41, 5.74) is 4.07. The number of benzene rings is 2. The van der Waals surface area contributed by atoms with Crippen molar-refractivity contribution >= 4 is 35.9 Å². The van der Waals surface area contributed by atoms with Crippen molar-refractivity contribution in [3.63, 3.8) is 0 Å². The van der Waals surface area contributed by atoms with Gasteiger partial charge in [0, 0.05) is 10.6 Å². The van der Waals surface area contributed by atoms with Gasteiger partial charge in [-0.3, -0.25) is 4.79 Å². The number of hydrogen-bond acceptors (Lipinski definition) is 1. The summed E-state index contributed by atoms with van der Waals surface area (Å²) in [7, 11) is 0. The molecule has 3 heteroatoms. The van der Waals surface area contributed by atoms with Crippen LogP contribution in [0.5, 0.6) is 0 Å². The fourth-order valence-electron chi connectivity index (χ4n) is 1.99. The second-order valence-electron chi connectivity index (χ2n) is 4.63. The Bertz CT molecular complexity index is 608. The molecule has 0 N–H and O–H groups in total. The van der Waals surface area contributed by atoms with Gasteiger partial charge in [-0.05, 0) is 49.8 Å². The number of carbonyl (C=O) groups is 1. The largest absolute Gasteiger partial charge is 0.289 e. The van der Waals surface area contributed by atoms with E-state index >= 15 is 0 Å². The molecular formula is C17H16Cl2O. The minimum absolute atomic E-state index is 0. The lowest BCUT2D eigenvalue weighted by atomic mass is 10.1. The lowest BCUT2D eigenvalue weighted by Crippen LogP contribution is -1.93. The summed E-state index contributed by atoms with van der Waals surface area (Å²) in [6, 6.07) is 13.1. The molecule has 2 rings (SSSR count). The Morgan fingerprint density at radius 1 is 1.00 bits per heavy atom. The fourth-order valence-corrected chi connectivity index (χ4v) is 2.11. The van der Waals surface area contributed by atoms with Crippen molar-refractivity contribution in [1.29, 1.82) is 0 Å². The highest BCUT2D eigenvalue weighted by molar-refractivity contribution is 6.30. The van der Waals surface area contributed by atoms with E-state index in [1.165, 1.54) is 11.1 Å². The van der Waals surface area contributed by atoms with Gasteiger partial charge in [0.15, 0.2) is 5.78 Å². The number of carbonyl (C=O) groups excluding carboxylic acids is 1. The molecule has 20 heavy (non-hydrogen) atoms. The van der Waals surface area contributed by atoms with Gasteiger partial charge in [-0.15, -0.1) is 12.4 Å². The van der Waals surface area contributed by atoms with Crippen molar-refractivity contribution in [2.45, 2.75) is 13.8 Å². The van der Waals surface area contributed by atoms with Crippen molar-refractivity contribution in [2.75, 3.05) is 0 Å². The molecule has 1 nitrogen and oxygen atoms in total. The van der Waals surface area contributed by atoms with Crippen LogP contribution in [0.4, 0.5) is 0 Å². The molecule has 2 aromatic carbocycles. The molecule has 0 aliphatic heterocycles. The van der Waals surface area contributed by atoms with Crippen LogP contribution >= 0.6 is 24.0 Å². The van der Waals surface area contributed by atoms with Crippen LogP contribution in [0.2, 0.25) is 5.02 Å². The first kappa shape index (κ1) is 16.5. The second kappa shape index (κ2) is 7.28. The van der Waals surface area contributed by atoms with Gasteiger partial charge in [-0.1, -0.05) is 47.0 Å². The highest BCUT2D eigenvalue weighted by Crippen LogP contribution is 2.13. The minimum atomic E-state index is -0.0178. The molecule has 0 saturated heterocycles. The van der Waals surface area contributed by atoms with E-state index in [0.717, 1.165) is 5.56 Å². The average molecular weight is 307 g/mol. The molecule has 2 aromatic rings. The summed E-state index contributed by atoms with van der Waals surface area (Å²) in [4.78, 5) is 12.0. The maximum Gasteiger partial charge on any atom is 0.185 e. The molecule has 0 heterocycles. The molecule has 0 bridgehead atoms. The molecule has 0 aliphatic carbocycles. The highest BCUT2D eigenvalue weighted by Gasteiger charge is 2.01. The molecule has 0 radical (unpaired) electrons. The van der Waals surface area contributed by atoms with Crippen LogP contribution < -0.4 is 0 Å². The summed E-state index contributed by atoms with van der Waals surface area (Å²) in [6.07, 6.45) is 3.44. The third-order valence-corrected chi connectivity index (χ3v) is 3.05. The van der Waals surface area contributed by atoms with Gasteiger partial charge in [0.25, 0.3) is 0 Å². The average Bonchev–Trinajstić information content (AvgIpc) is 2.36. The first-order valence-corrected chi connectivity index (χ1v) is 6.49. The quantitative estimate of drug-likeness (QED) is 0.557. The first-order valence-electron chi connectivity index (χ1n) is 6.11. The topological polar surface area (TPSA) is 17.1 Å². The molecule has 104 valence electrons. The maximum atomic E-state index is 12.0. The molecule has 0 spiro atoms. The Labute approximate surface area is 130 Å². The molecule has 0 aromatic heterocycles. The van der Waals surface area contributed by atoms with Crippen molar-refractivity contribution in [3.8, 4) is 0 Å². The fraction of sp³-hybridized carbons (Fsp3) is 0.118. The molecule has 0 saturated carbocycles. The van der Waals surface area contributed by atoms with Crippen LogP contribution in [0, 0.1) is 13.8 Å². The van der Waals surface area contributed by atoms with Gasteiger partial charge in [-0.2, -0.15) is 0 Å². The molecule has 0 atom stereocenters. The smallest absolute Gasteiger partial charge is 0.185 e. The Morgan fingerprint density at radius 3 is 2.10 bits per heavy atom. The molecule has 0 amide bonds. The molecular weight excluding hydrogens is 291 g/mol. The van der Waals surface area contributed by atoms with Gasteiger partial charge in [-0.25, -0.2) is 0 Å². The van der Waals surface area contributed by atoms with Crippen LogP contribution in [0.3, 0.4) is 0 Å². The summed E-state index contributed by atoms with van der Waals surface area (Å²) >= 11 is 5.79. The normalized spacial score (nSPS) is 10.3. The number of rotatable bonds is 3. The van der Waals surface area contributed by atoms with E-state index in [1.54, 1.807) is 30.3 Å². The zero-order valence-corrected chi connectivity index (χ0v) is 13.0. The van der Waals surface area contributed by atoms with E-state index in [2.05, 4.69) is 18.2 Å². The standard InChI is InChI=1S/C17H15ClO.ClH/c1-12-9-13(2)11-14(10-12)3-8-17(19)15-4-6-16(18)7-5-15;/h3-11H,1-2H3;1H/b8-3+;. The maximum absolute atomic E-state index is 12.0. The van der Waals surface area contributed by atoms with Crippen LogP contribution in [-0.2, 0) is 0 Å². The third-order valence-electron chi connectivity index (χ3n) is 2.80. The van der Waals surface area contributed by atoms with Crippen LogP contribution in [-0.4, -0.2) is 5.78 Å². The third kappa shape index (κ3) is 4.52. The van der Waals surface area contributed by atoms with Gasteiger partial charge < -0.3 is 0 Å². The number of aryl methyl sites for hydroxylation is 2. The summed E-state index contributed by atoms with van der Waals surface area (Å²) in [5.74, 6) is -0.0178. The number of allylic oxidation sites excluding steroid dienone is 1. The van der Waals surface area contributed by atoms with E-state index in [4.69, 9.17) is 11.6 Å². The van der Waals surface area contributed by atoms with E-state index < -0.39 is 0 Å². The minimum Gasteiger partial charge on any atom is -0.289 e. The Kier molecular flexibility index (Phi) is 6.00. The van der Waals surface area contributed by atoms with Crippen molar-refractivity contribution in [2.24, 2.45) is 0 Å². The zero-order chi connectivity index (χ0) is 13.8. The molecule has 0 aliphatic rings. The Hall–Kier alpha value is -1.57. The van der Waals surface area contributed by atoms with Gasteiger partial charge in [0.2, 0.25) is 0 Å². The predicted octanol–water partition coefficient (Wildman–Crippen LogP) is 5.27. The number of hydrogen-bond donors (Lipinski definition) is 0. The molecule has 0 unspecified atom stereocenters. The monoisotopic (exact) mass is 306 g/mol. The Balaban J connectivity index is 0.00000200. The SMILES string of the molecule is Cc1cc(C)cc(/C=C/C(=O)c2ccc(Cl)cc2)c1.Cl. The number of ketones is 1. The highest BCUT2D eigenvalue weighted by atomic mass is 35.5. The lowest BCUT2D eigenvalue weighted by molar-refractivity contribution is 0.104. The van der Waals surface area contributed by atoms with Crippen LogP contribution in [0.25, 0.3) is 6.08 Å².